The van der Waals surface area contributed by atoms with Gasteiger partial charge in [-0.25, -0.2) is 4.98 Å². The van der Waals surface area contributed by atoms with Crippen LogP contribution in [0.2, 0.25) is 5.02 Å². The van der Waals surface area contributed by atoms with Gasteiger partial charge in [0.05, 0.1) is 10.6 Å². The van der Waals surface area contributed by atoms with Gasteiger partial charge in [-0.1, -0.05) is 25.4 Å². The number of aromatic nitrogens is 1. The number of rotatable bonds is 4. The molecule has 16 heavy (non-hydrogen) atoms. The number of carbonyl (C=O) groups is 1. The first-order chi connectivity index (χ1) is 7.47. The standard InChI is InChI=1S/C11H16ClN3O/c1-6(2)9(4-13)10(16)8-3-7(12)5-15-11(8)14/h3,5-6,9H,4,13H2,1-2H3,(H2,14,15). The minimum Gasteiger partial charge on any atom is -0.383 e. The van der Waals surface area contributed by atoms with Crippen LogP contribution < -0.4 is 11.5 Å². The predicted octanol–water partition coefficient (Wildman–Crippen LogP) is 1.73. The van der Waals surface area contributed by atoms with Crippen molar-refractivity contribution in [2.45, 2.75) is 13.8 Å². The van der Waals surface area contributed by atoms with E-state index < -0.39 is 0 Å². The molecule has 0 aliphatic heterocycles. The molecule has 0 aliphatic carbocycles. The first-order valence-electron chi connectivity index (χ1n) is 5.12. The lowest BCUT2D eigenvalue weighted by Gasteiger charge is -2.18. The number of nitrogens with two attached hydrogens (primary N) is 2. The van der Waals surface area contributed by atoms with Crippen LogP contribution in [0.4, 0.5) is 5.82 Å². The summed E-state index contributed by atoms with van der Waals surface area (Å²) in [5.74, 6) is 0.0250. The van der Waals surface area contributed by atoms with E-state index in [-0.39, 0.29) is 23.4 Å². The molecule has 0 aliphatic rings. The number of hydrogen-bond donors (Lipinski definition) is 2. The van der Waals surface area contributed by atoms with Gasteiger partial charge in [-0.3, -0.25) is 4.79 Å². The summed E-state index contributed by atoms with van der Waals surface area (Å²) < 4.78 is 0. The Morgan fingerprint density at radius 2 is 2.19 bits per heavy atom. The highest BCUT2D eigenvalue weighted by atomic mass is 35.5. The smallest absolute Gasteiger partial charge is 0.171 e. The second-order valence-electron chi connectivity index (χ2n) is 4.04. The molecule has 1 rings (SSSR count). The lowest BCUT2D eigenvalue weighted by molar-refractivity contribution is 0.0893. The van der Waals surface area contributed by atoms with Gasteiger partial charge in [-0.15, -0.1) is 0 Å². The summed E-state index contributed by atoms with van der Waals surface area (Å²) in [6, 6.07) is 1.54. The lowest BCUT2D eigenvalue weighted by atomic mass is 9.88. The number of Topliss-reactive ketones (excluding diaryl/α,β-unsaturated/α-hetero) is 1. The highest BCUT2D eigenvalue weighted by Gasteiger charge is 2.24. The maximum atomic E-state index is 12.1. The summed E-state index contributed by atoms with van der Waals surface area (Å²) in [4.78, 5) is 16.0. The molecular formula is C11H16ClN3O. The molecule has 0 spiro atoms. The van der Waals surface area contributed by atoms with Gasteiger partial charge in [-0.2, -0.15) is 0 Å². The van der Waals surface area contributed by atoms with Crippen molar-refractivity contribution in [1.82, 2.24) is 4.98 Å². The maximum Gasteiger partial charge on any atom is 0.171 e. The van der Waals surface area contributed by atoms with Gasteiger partial charge < -0.3 is 11.5 Å². The van der Waals surface area contributed by atoms with E-state index in [9.17, 15) is 4.79 Å². The average molecular weight is 242 g/mol. The molecule has 1 atom stereocenters. The number of hydrogen-bond acceptors (Lipinski definition) is 4. The molecule has 1 aromatic heterocycles. The molecule has 0 saturated heterocycles. The predicted molar refractivity (Wildman–Crippen MR) is 65.4 cm³/mol. The third kappa shape index (κ3) is 2.71. The van der Waals surface area contributed by atoms with Crippen LogP contribution in [-0.4, -0.2) is 17.3 Å². The van der Waals surface area contributed by atoms with E-state index >= 15 is 0 Å². The minimum absolute atomic E-state index is 0.0926. The van der Waals surface area contributed by atoms with Crippen molar-refractivity contribution in [2.75, 3.05) is 12.3 Å². The number of nitrogens with zero attached hydrogens (tertiary/aromatic N) is 1. The van der Waals surface area contributed by atoms with E-state index in [1.807, 2.05) is 13.8 Å². The van der Waals surface area contributed by atoms with E-state index in [1.54, 1.807) is 0 Å². The van der Waals surface area contributed by atoms with Crippen LogP contribution >= 0.6 is 11.6 Å². The van der Waals surface area contributed by atoms with Crippen molar-refractivity contribution in [3.8, 4) is 0 Å². The number of anilines is 1. The van der Waals surface area contributed by atoms with Gasteiger partial charge in [-0.05, 0) is 12.0 Å². The van der Waals surface area contributed by atoms with E-state index in [0.717, 1.165) is 0 Å². The molecular weight excluding hydrogens is 226 g/mol. The van der Waals surface area contributed by atoms with Crippen LogP contribution in [0.3, 0.4) is 0 Å². The highest BCUT2D eigenvalue weighted by Crippen LogP contribution is 2.22. The maximum absolute atomic E-state index is 12.1. The molecule has 0 bridgehead atoms. The van der Waals surface area contributed by atoms with Crippen molar-refractivity contribution < 1.29 is 4.79 Å². The summed E-state index contributed by atoms with van der Waals surface area (Å²) in [5.41, 5.74) is 11.6. The summed E-state index contributed by atoms with van der Waals surface area (Å²) in [6.07, 6.45) is 1.42. The normalized spacial score (nSPS) is 12.8. The molecule has 0 fully saturated rings. The van der Waals surface area contributed by atoms with Gasteiger partial charge in [0.2, 0.25) is 0 Å². The number of pyridine rings is 1. The Bertz CT molecular complexity index is 393. The topological polar surface area (TPSA) is 82.0 Å². The average Bonchev–Trinajstić information content (AvgIpc) is 2.22. The molecule has 0 radical (unpaired) electrons. The van der Waals surface area contributed by atoms with Gasteiger partial charge in [0.1, 0.15) is 5.82 Å². The second-order valence-corrected chi connectivity index (χ2v) is 4.47. The fourth-order valence-electron chi connectivity index (χ4n) is 1.53. The van der Waals surface area contributed by atoms with Crippen molar-refractivity contribution in [3.63, 3.8) is 0 Å². The summed E-state index contributed by atoms with van der Waals surface area (Å²) >= 11 is 5.79. The van der Waals surface area contributed by atoms with Gasteiger partial charge in [0, 0.05) is 18.7 Å². The molecule has 1 heterocycles. The van der Waals surface area contributed by atoms with Crippen molar-refractivity contribution >= 4 is 23.2 Å². The van der Waals surface area contributed by atoms with Gasteiger partial charge >= 0.3 is 0 Å². The molecule has 1 aromatic rings. The molecule has 1 unspecified atom stereocenters. The fraction of sp³-hybridized carbons (Fsp3) is 0.455. The van der Waals surface area contributed by atoms with E-state index in [4.69, 9.17) is 23.1 Å². The van der Waals surface area contributed by atoms with Crippen molar-refractivity contribution in [1.29, 1.82) is 0 Å². The minimum atomic E-state index is -0.248. The Kier molecular flexibility index (Phi) is 4.26. The first-order valence-corrected chi connectivity index (χ1v) is 5.50. The summed E-state index contributed by atoms with van der Waals surface area (Å²) in [7, 11) is 0. The number of carbonyl (C=O) groups excluding carboxylic acids is 1. The molecule has 0 aromatic carbocycles. The summed E-state index contributed by atoms with van der Waals surface area (Å²) in [5, 5.41) is 0.400. The van der Waals surface area contributed by atoms with Crippen LogP contribution in [0.5, 0.6) is 0 Å². The molecule has 88 valence electrons. The molecule has 0 saturated carbocycles. The highest BCUT2D eigenvalue weighted by molar-refractivity contribution is 6.31. The molecule has 4 N–H and O–H groups in total. The zero-order valence-electron chi connectivity index (χ0n) is 9.40. The van der Waals surface area contributed by atoms with Crippen LogP contribution in [0, 0.1) is 11.8 Å². The van der Waals surface area contributed by atoms with Crippen molar-refractivity contribution in [2.24, 2.45) is 17.6 Å². The Labute approximate surface area is 100.0 Å². The second kappa shape index (κ2) is 5.27. The number of nitrogen functional groups attached to an aromatic ring is 1. The van der Waals surface area contributed by atoms with Gasteiger partial charge in [0.15, 0.2) is 5.78 Å². The Hall–Kier alpha value is -1.13. The quantitative estimate of drug-likeness (QED) is 0.787. The van der Waals surface area contributed by atoms with Crippen molar-refractivity contribution in [3.05, 3.63) is 22.8 Å². The van der Waals surface area contributed by atoms with E-state index in [1.165, 1.54) is 12.3 Å². The number of ketones is 1. The number of halogens is 1. The van der Waals surface area contributed by atoms with Crippen LogP contribution in [0.25, 0.3) is 0 Å². The summed E-state index contributed by atoms with van der Waals surface area (Å²) in [6.45, 7) is 4.19. The lowest BCUT2D eigenvalue weighted by Crippen LogP contribution is -2.29. The first kappa shape index (κ1) is 12.9. The molecule has 5 heteroatoms. The zero-order chi connectivity index (χ0) is 12.3. The third-order valence-electron chi connectivity index (χ3n) is 2.55. The molecule has 4 nitrogen and oxygen atoms in total. The Balaban J connectivity index is 3.08. The largest absolute Gasteiger partial charge is 0.383 e. The Morgan fingerprint density at radius 1 is 1.56 bits per heavy atom. The Morgan fingerprint density at radius 3 is 2.69 bits per heavy atom. The van der Waals surface area contributed by atoms with Crippen LogP contribution in [0.1, 0.15) is 24.2 Å². The SMILES string of the molecule is CC(C)C(CN)C(=O)c1cc(Cl)cnc1N. The van der Waals surface area contributed by atoms with E-state index in [2.05, 4.69) is 4.98 Å². The van der Waals surface area contributed by atoms with Gasteiger partial charge in [0.25, 0.3) is 0 Å². The molecule has 0 amide bonds. The monoisotopic (exact) mass is 241 g/mol. The fourth-order valence-corrected chi connectivity index (χ4v) is 1.69. The van der Waals surface area contributed by atoms with Crippen LogP contribution in [0.15, 0.2) is 12.3 Å². The zero-order valence-corrected chi connectivity index (χ0v) is 10.2. The van der Waals surface area contributed by atoms with Crippen LogP contribution in [-0.2, 0) is 0 Å². The third-order valence-corrected chi connectivity index (χ3v) is 2.75. The van der Waals surface area contributed by atoms with E-state index in [0.29, 0.717) is 17.1 Å².